The number of halogens is 1. The maximum Gasteiger partial charge on any atom is 0.220 e. The summed E-state index contributed by atoms with van der Waals surface area (Å²) in [7, 11) is -3.51. The topological polar surface area (TPSA) is 108 Å². The van der Waals surface area contributed by atoms with Gasteiger partial charge in [0.2, 0.25) is 15.9 Å². The summed E-state index contributed by atoms with van der Waals surface area (Å²) in [5, 5.41) is 17.7. The molecule has 2 unspecified atom stereocenters. The molecule has 1 aliphatic carbocycles. The van der Waals surface area contributed by atoms with Crippen molar-refractivity contribution in [1.29, 1.82) is 0 Å². The minimum absolute atomic E-state index is 0.00474. The van der Waals surface area contributed by atoms with E-state index in [1.807, 2.05) is 6.92 Å². The standard InChI is InChI=1S/C32H46FN3O5S/c1-3-16-36-17-5-6-18-41-27-12-13-28(33)25(21-27)22-29(35-31(38)11-8-19-42(36,39)40)30(37)23-34-32(14-15-32)26-10-7-9-24(4-2)20-26/h7,9-10,12-13,20-21,29-30,34,37H,3-6,8,11,14-19,22-23H2,1-2H3,(H,35,38). The number of nitrogens with zero attached hydrogens (tertiary/aromatic N) is 1. The first-order valence-corrected chi connectivity index (χ1v) is 17.0. The van der Waals surface area contributed by atoms with Crippen LogP contribution in [0.15, 0.2) is 42.5 Å². The Kier molecular flexibility index (Phi) is 11.4. The lowest BCUT2D eigenvalue weighted by Gasteiger charge is -2.28. The minimum Gasteiger partial charge on any atom is -0.494 e. The Morgan fingerprint density at radius 1 is 1.17 bits per heavy atom. The highest BCUT2D eigenvalue weighted by molar-refractivity contribution is 7.89. The van der Waals surface area contributed by atoms with Gasteiger partial charge in [0.05, 0.1) is 24.5 Å². The van der Waals surface area contributed by atoms with E-state index in [9.17, 15) is 22.7 Å². The zero-order chi connectivity index (χ0) is 30.2. The van der Waals surface area contributed by atoms with Gasteiger partial charge in [0.15, 0.2) is 0 Å². The number of ether oxygens (including phenoxy) is 1. The van der Waals surface area contributed by atoms with Crippen LogP contribution in [0.25, 0.3) is 0 Å². The molecule has 232 valence electrons. The predicted molar refractivity (Wildman–Crippen MR) is 162 cm³/mol. The molecule has 4 rings (SSSR count). The number of carbonyl (C=O) groups is 1. The molecular weight excluding hydrogens is 557 g/mol. The van der Waals surface area contributed by atoms with Crippen LogP contribution < -0.4 is 15.4 Å². The molecule has 1 fully saturated rings. The van der Waals surface area contributed by atoms with E-state index in [1.54, 1.807) is 12.1 Å². The fraction of sp³-hybridized carbons (Fsp3) is 0.594. The highest BCUT2D eigenvalue weighted by Crippen LogP contribution is 2.45. The van der Waals surface area contributed by atoms with Gasteiger partial charge in [-0.3, -0.25) is 4.79 Å². The Bertz CT molecular complexity index is 1300. The number of sulfonamides is 1. The van der Waals surface area contributed by atoms with E-state index < -0.39 is 28.0 Å². The van der Waals surface area contributed by atoms with E-state index in [1.165, 1.54) is 21.5 Å². The molecule has 1 amide bonds. The van der Waals surface area contributed by atoms with Crippen molar-refractivity contribution in [3.63, 3.8) is 0 Å². The van der Waals surface area contributed by atoms with Gasteiger partial charge in [-0.05, 0) is 86.3 Å². The molecule has 2 bridgehead atoms. The third-order valence-electron chi connectivity index (χ3n) is 8.30. The lowest BCUT2D eigenvalue weighted by molar-refractivity contribution is -0.122. The van der Waals surface area contributed by atoms with Gasteiger partial charge in [0.1, 0.15) is 11.6 Å². The fourth-order valence-electron chi connectivity index (χ4n) is 5.58. The highest BCUT2D eigenvalue weighted by Gasteiger charge is 2.44. The van der Waals surface area contributed by atoms with Crippen molar-refractivity contribution in [2.24, 2.45) is 0 Å². The summed E-state index contributed by atoms with van der Waals surface area (Å²) in [6, 6.07) is 12.2. The number of hydrogen-bond acceptors (Lipinski definition) is 6. The molecule has 2 aliphatic rings. The summed E-state index contributed by atoms with van der Waals surface area (Å²) in [5.74, 6) is -0.430. The fourth-order valence-corrected chi connectivity index (χ4v) is 7.22. The van der Waals surface area contributed by atoms with Crippen LogP contribution in [0.5, 0.6) is 5.75 Å². The molecule has 1 heterocycles. The number of benzene rings is 2. The first-order valence-electron chi connectivity index (χ1n) is 15.4. The summed E-state index contributed by atoms with van der Waals surface area (Å²) in [6.45, 7) is 5.47. The van der Waals surface area contributed by atoms with E-state index in [0.29, 0.717) is 50.3 Å². The van der Waals surface area contributed by atoms with Gasteiger partial charge in [-0.15, -0.1) is 0 Å². The zero-order valence-electron chi connectivity index (χ0n) is 24.9. The SMILES string of the molecule is CCCN1CCCCOc2ccc(F)c(c2)CC(C(O)CNC2(c3cccc(CC)c3)CC2)NC(=O)CCCS1(=O)=O. The molecule has 2 aromatic carbocycles. The van der Waals surface area contributed by atoms with Gasteiger partial charge in [-0.2, -0.15) is 0 Å². The van der Waals surface area contributed by atoms with E-state index in [2.05, 4.69) is 41.8 Å². The van der Waals surface area contributed by atoms with E-state index in [0.717, 1.165) is 19.3 Å². The molecule has 0 radical (unpaired) electrons. The Hall–Kier alpha value is -2.53. The first-order chi connectivity index (χ1) is 20.2. The second-order valence-electron chi connectivity index (χ2n) is 11.6. The zero-order valence-corrected chi connectivity index (χ0v) is 25.7. The molecule has 0 saturated heterocycles. The average Bonchev–Trinajstić information content (AvgIpc) is 3.77. The number of nitrogens with one attached hydrogen (secondary N) is 2. The summed E-state index contributed by atoms with van der Waals surface area (Å²) < 4.78 is 48.3. The van der Waals surface area contributed by atoms with Crippen LogP contribution in [0.1, 0.15) is 75.5 Å². The third-order valence-corrected chi connectivity index (χ3v) is 10.3. The number of carbonyl (C=O) groups excluding carboxylic acids is 1. The molecule has 8 nitrogen and oxygen atoms in total. The summed E-state index contributed by atoms with van der Waals surface area (Å²) in [4.78, 5) is 13.0. The van der Waals surface area contributed by atoms with Gasteiger partial charge < -0.3 is 20.5 Å². The second kappa shape index (κ2) is 14.8. The van der Waals surface area contributed by atoms with Crippen molar-refractivity contribution in [2.45, 2.75) is 89.3 Å². The van der Waals surface area contributed by atoms with Crippen molar-refractivity contribution in [2.75, 3.05) is 32.0 Å². The van der Waals surface area contributed by atoms with Crippen molar-refractivity contribution in [3.8, 4) is 5.75 Å². The van der Waals surface area contributed by atoms with E-state index in [4.69, 9.17) is 4.74 Å². The lowest BCUT2D eigenvalue weighted by atomic mass is 9.98. The molecule has 1 saturated carbocycles. The summed E-state index contributed by atoms with van der Waals surface area (Å²) in [5.41, 5.74) is 2.56. The second-order valence-corrected chi connectivity index (χ2v) is 13.7. The Morgan fingerprint density at radius 3 is 2.71 bits per heavy atom. The van der Waals surface area contributed by atoms with E-state index >= 15 is 0 Å². The molecule has 1 aliphatic heterocycles. The molecule has 2 aromatic rings. The number of amides is 1. The van der Waals surface area contributed by atoms with Crippen LogP contribution in [0, 0.1) is 5.82 Å². The van der Waals surface area contributed by atoms with Crippen LogP contribution in [-0.4, -0.2) is 67.9 Å². The molecular formula is C32H46FN3O5S. The Balaban J connectivity index is 1.50. The quantitative estimate of drug-likeness (QED) is 0.420. The third kappa shape index (κ3) is 8.75. The summed E-state index contributed by atoms with van der Waals surface area (Å²) >= 11 is 0. The van der Waals surface area contributed by atoms with E-state index in [-0.39, 0.29) is 43.0 Å². The van der Waals surface area contributed by atoms with Gasteiger partial charge in [0.25, 0.3) is 0 Å². The molecule has 3 N–H and O–H groups in total. The van der Waals surface area contributed by atoms with Crippen LogP contribution in [0.3, 0.4) is 0 Å². The molecule has 10 heteroatoms. The van der Waals surface area contributed by atoms with Crippen molar-refractivity contribution in [3.05, 3.63) is 65.0 Å². The van der Waals surface area contributed by atoms with Crippen LogP contribution in [0.2, 0.25) is 0 Å². The van der Waals surface area contributed by atoms with Crippen LogP contribution in [-0.2, 0) is 33.2 Å². The predicted octanol–water partition coefficient (Wildman–Crippen LogP) is 4.05. The smallest absolute Gasteiger partial charge is 0.220 e. The van der Waals surface area contributed by atoms with Gasteiger partial charge in [0, 0.05) is 31.6 Å². The van der Waals surface area contributed by atoms with Crippen LogP contribution >= 0.6 is 0 Å². The average molecular weight is 604 g/mol. The number of aryl methyl sites for hydroxylation is 1. The molecule has 2 atom stereocenters. The molecule has 0 spiro atoms. The van der Waals surface area contributed by atoms with Gasteiger partial charge in [-0.1, -0.05) is 38.1 Å². The number of aliphatic hydroxyl groups is 1. The lowest BCUT2D eigenvalue weighted by Crippen LogP contribution is -2.50. The Morgan fingerprint density at radius 2 is 1.98 bits per heavy atom. The normalized spacial score (nSPS) is 22.4. The maximum atomic E-state index is 14.9. The molecule has 0 aromatic heterocycles. The number of aliphatic hydroxyl groups excluding tert-OH is 1. The van der Waals surface area contributed by atoms with Crippen LogP contribution in [0.4, 0.5) is 4.39 Å². The summed E-state index contributed by atoms with van der Waals surface area (Å²) in [6.07, 6.45) is 4.05. The minimum atomic E-state index is -3.51. The largest absolute Gasteiger partial charge is 0.494 e. The van der Waals surface area contributed by atoms with Crippen molar-refractivity contribution in [1.82, 2.24) is 14.9 Å². The maximum absolute atomic E-state index is 14.9. The highest BCUT2D eigenvalue weighted by atomic mass is 32.2. The number of rotatable bonds is 8. The number of hydrogen-bond donors (Lipinski definition) is 3. The molecule has 42 heavy (non-hydrogen) atoms. The van der Waals surface area contributed by atoms with Crippen molar-refractivity contribution < 1.29 is 27.4 Å². The Labute approximate surface area is 250 Å². The van der Waals surface area contributed by atoms with Crippen molar-refractivity contribution >= 4 is 15.9 Å². The van der Waals surface area contributed by atoms with Gasteiger partial charge in [-0.25, -0.2) is 17.1 Å². The monoisotopic (exact) mass is 603 g/mol. The number of fused-ring (bicyclic) bond motifs is 2. The van der Waals surface area contributed by atoms with Gasteiger partial charge >= 0.3 is 0 Å². The first kappa shape index (κ1) is 32.4.